The molecule has 0 saturated heterocycles. The minimum Gasteiger partial charge on any atom is -0.507 e. The standard InChI is InChI=1S/C22H21BrN6O3/c1-13-4-6-14(7-5-13)12-29-18-19(27(2)22(32)28(3)20(18)31)25-21(29)26-24-11-15-10-16(23)8-9-17(15)30/h4-11,30H,12H2,1-3H3,(H,25,26)/b24-11-. The van der Waals surface area contributed by atoms with Gasteiger partial charge in [0.25, 0.3) is 5.56 Å². The van der Waals surface area contributed by atoms with E-state index in [-0.39, 0.29) is 16.9 Å². The summed E-state index contributed by atoms with van der Waals surface area (Å²) in [4.78, 5) is 29.8. The molecule has 0 saturated carbocycles. The smallest absolute Gasteiger partial charge is 0.332 e. The third-order valence-corrected chi connectivity index (χ3v) is 5.66. The molecule has 0 bridgehead atoms. The summed E-state index contributed by atoms with van der Waals surface area (Å²) in [5, 5.41) is 14.2. The van der Waals surface area contributed by atoms with E-state index in [9.17, 15) is 14.7 Å². The average molecular weight is 497 g/mol. The SMILES string of the molecule is Cc1ccc(Cn2c(N/N=C\c3cc(Br)ccc3O)nc3c2c(=O)n(C)c(=O)n3C)cc1. The van der Waals surface area contributed by atoms with E-state index >= 15 is 0 Å². The van der Waals surface area contributed by atoms with Crippen LogP contribution < -0.4 is 16.7 Å². The van der Waals surface area contributed by atoms with Crippen LogP contribution in [0.3, 0.4) is 0 Å². The summed E-state index contributed by atoms with van der Waals surface area (Å²) in [6, 6.07) is 12.9. The zero-order valence-corrected chi connectivity index (χ0v) is 19.3. The maximum atomic E-state index is 12.9. The maximum absolute atomic E-state index is 12.9. The number of aromatic hydroxyl groups is 1. The van der Waals surface area contributed by atoms with E-state index in [0.29, 0.717) is 18.1 Å². The van der Waals surface area contributed by atoms with Crippen molar-refractivity contribution >= 4 is 39.3 Å². The molecule has 9 nitrogen and oxygen atoms in total. The van der Waals surface area contributed by atoms with E-state index < -0.39 is 11.2 Å². The van der Waals surface area contributed by atoms with Crippen LogP contribution in [0.2, 0.25) is 0 Å². The number of imidazole rings is 1. The number of hydrogen-bond acceptors (Lipinski definition) is 6. The number of nitrogens with zero attached hydrogens (tertiary/aromatic N) is 5. The van der Waals surface area contributed by atoms with Gasteiger partial charge in [0, 0.05) is 24.1 Å². The second-order valence-corrected chi connectivity index (χ2v) is 8.37. The molecule has 10 heteroatoms. The molecule has 0 unspecified atom stereocenters. The van der Waals surface area contributed by atoms with Crippen molar-refractivity contribution in [2.45, 2.75) is 13.5 Å². The molecule has 0 aliphatic carbocycles. The van der Waals surface area contributed by atoms with Gasteiger partial charge in [0.1, 0.15) is 5.75 Å². The Hall–Kier alpha value is -3.66. The fourth-order valence-corrected chi connectivity index (χ4v) is 3.73. The number of nitrogens with one attached hydrogen (secondary N) is 1. The van der Waals surface area contributed by atoms with Gasteiger partial charge in [0.15, 0.2) is 11.2 Å². The van der Waals surface area contributed by atoms with Crippen molar-refractivity contribution in [3.05, 3.63) is 84.5 Å². The summed E-state index contributed by atoms with van der Waals surface area (Å²) in [6.07, 6.45) is 1.45. The molecule has 2 heterocycles. The number of rotatable bonds is 5. The summed E-state index contributed by atoms with van der Waals surface area (Å²) in [6.45, 7) is 2.35. The van der Waals surface area contributed by atoms with E-state index in [1.165, 1.54) is 17.8 Å². The quantitative estimate of drug-likeness (QED) is 0.326. The van der Waals surface area contributed by atoms with Crippen molar-refractivity contribution in [3.63, 3.8) is 0 Å². The van der Waals surface area contributed by atoms with E-state index in [2.05, 4.69) is 31.4 Å². The lowest BCUT2D eigenvalue weighted by molar-refractivity contribution is 0.474. The van der Waals surface area contributed by atoms with Crippen LogP contribution in [0.1, 0.15) is 16.7 Å². The molecule has 0 atom stereocenters. The highest BCUT2D eigenvalue weighted by Crippen LogP contribution is 2.21. The van der Waals surface area contributed by atoms with Crippen LogP contribution in [0.4, 0.5) is 5.95 Å². The summed E-state index contributed by atoms with van der Waals surface area (Å²) < 4.78 is 4.88. The second kappa shape index (κ2) is 8.46. The number of hydrazone groups is 1. The first-order chi connectivity index (χ1) is 15.3. The van der Waals surface area contributed by atoms with Gasteiger partial charge in [-0.15, -0.1) is 0 Å². The van der Waals surface area contributed by atoms with Crippen molar-refractivity contribution in [1.82, 2.24) is 18.7 Å². The Bertz CT molecular complexity index is 1460. The van der Waals surface area contributed by atoms with Crippen LogP contribution in [-0.4, -0.2) is 30.0 Å². The number of phenols is 1. The summed E-state index contributed by atoms with van der Waals surface area (Å²) in [7, 11) is 3.01. The third-order valence-electron chi connectivity index (χ3n) is 5.17. The first kappa shape index (κ1) is 21.6. The fraction of sp³-hybridized carbons (Fsp3) is 0.182. The van der Waals surface area contributed by atoms with Crippen LogP contribution in [0.15, 0.2) is 61.6 Å². The molecular formula is C22H21BrN6O3. The maximum Gasteiger partial charge on any atom is 0.332 e. The van der Waals surface area contributed by atoms with Gasteiger partial charge in [-0.3, -0.25) is 18.5 Å². The van der Waals surface area contributed by atoms with Gasteiger partial charge in [-0.25, -0.2) is 10.2 Å². The van der Waals surface area contributed by atoms with E-state index in [4.69, 9.17) is 0 Å². The van der Waals surface area contributed by atoms with Gasteiger partial charge in [-0.1, -0.05) is 45.8 Å². The highest BCUT2D eigenvalue weighted by Gasteiger charge is 2.19. The summed E-state index contributed by atoms with van der Waals surface area (Å²) in [5.41, 5.74) is 5.08. The van der Waals surface area contributed by atoms with Gasteiger partial charge in [0.05, 0.1) is 12.8 Å². The van der Waals surface area contributed by atoms with Crippen LogP contribution >= 0.6 is 15.9 Å². The molecule has 2 aromatic carbocycles. The Labute approximate surface area is 191 Å². The van der Waals surface area contributed by atoms with E-state index in [1.807, 2.05) is 31.2 Å². The molecule has 0 aliphatic heterocycles. The number of fused-ring (bicyclic) bond motifs is 1. The number of halogens is 1. The Morgan fingerprint density at radius 2 is 1.84 bits per heavy atom. The first-order valence-corrected chi connectivity index (χ1v) is 10.5. The predicted molar refractivity (Wildman–Crippen MR) is 128 cm³/mol. The number of hydrogen-bond donors (Lipinski definition) is 2. The van der Waals surface area contributed by atoms with E-state index in [0.717, 1.165) is 20.2 Å². The largest absolute Gasteiger partial charge is 0.507 e. The molecule has 32 heavy (non-hydrogen) atoms. The Morgan fingerprint density at radius 3 is 2.56 bits per heavy atom. The molecular weight excluding hydrogens is 476 g/mol. The number of anilines is 1. The Morgan fingerprint density at radius 1 is 1.12 bits per heavy atom. The molecule has 0 aliphatic rings. The number of aryl methyl sites for hydroxylation is 2. The Kier molecular flexibility index (Phi) is 5.70. The lowest BCUT2D eigenvalue weighted by Gasteiger charge is -2.09. The summed E-state index contributed by atoms with van der Waals surface area (Å²) >= 11 is 3.36. The minimum absolute atomic E-state index is 0.0724. The highest BCUT2D eigenvalue weighted by molar-refractivity contribution is 9.10. The molecule has 0 fully saturated rings. The van der Waals surface area contributed by atoms with Gasteiger partial charge < -0.3 is 5.11 Å². The molecule has 4 aromatic rings. The van der Waals surface area contributed by atoms with Crippen LogP contribution in [0.25, 0.3) is 11.2 Å². The first-order valence-electron chi connectivity index (χ1n) is 9.75. The number of phenolic OH excluding ortho intramolecular Hbond substituents is 1. The van der Waals surface area contributed by atoms with Crippen LogP contribution in [-0.2, 0) is 20.6 Å². The normalized spacial score (nSPS) is 11.5. The van der Waals surface area contributed by atoms with Gasteiger partial charge >= 0.3 is 5.69 Å². The second-order valence-electron chi connectivity index (χ2n) is 7.46. The monoisotopic (exact) mass is 496 g/mol. The molecule has 0 spiro atoms. The Balaban J connectivity index is 1.82. The molecule has 4 rings (SSSR count). The number of benzene rings is 2. The average Bonchev–Trinajstić information content (AvgIpc) is 3.13. The third kappa shape index (κ3) is 3.96. The molecule has 2 aromatic heterocycles. The topological polar surface area (TPSA) is 106 Å². The predicted octanol–water partition coefficient (Wildman–Crippen LogP) is 2.70. The van der Waals surface area contributed by atoms with Crippen molar-refractivity contribution < 1.29 is 5.11 Å². The van der Waals surface area contributed by atoms with Crippen molar-refractivity contribution in [1.29, 1.82) is 0 Å². The number of aromatic nitrogens is 4. The van der Waals surface area contributed by atoms with E-state index in [1.54, 1.807) is 29.8 Å². The van der Waals surface area contributed by atoms with Crippen LogP contribution in [0.5, 0.6) is 5.75 Å². The van der Waals surface area contributed by atoms with Crippen molar-refractivity contribution in [3.8, 4) is 5.75 Å². The molecule has 0 radical (unpaired) electrons. The minimum atomic E-state index is -0.461. The molecule has 2 N–H and O–H groups in total. The van der Waals surface area contributed by atoms with Crippen molar-refractivity contribution in [2.24, 2.45) is 19.2 Å². The molecule has 0 amide bonds. The molecule has 164 valence electrons. The van der Waals surface area contributed by atoms with Crippen molar-refractivity contribution in [2.75, 3.05) is 5.43 Å². The zero-order valence-electron chi connectivity index (χ0n) is 17.7. The fourth-order valence-electron chi connectivity index (χ4n) is 3.35. The summed E-state index contributed by atoms with van der Waals surface area (Å²) in [5.74, 6) is 0.368. The lowest BCUT2D eigenvalue weighted by Crippen LogP contribution is -2.37. The van der Waals surface area contributed by atoms with Crippen LogP contribution in [0, 0.1) is 6.92 Å². The zero-order chi connectivity index (χ0) is 23.0. The van der Waals surface area contributed by atoms with Gasteiger partial charge in [-0.2, -0.15) is 10.1 Å². The lowest BCUT2D eigenvalue weighted by atomic mass is 10.1. The van der Waals surface area contributed by atoms with Gasteiger partial charge in [-0.05, 0) is 30.7 Å². The highest BCUT2D eigenvalue weighted by atomic mass is 79.9. The van der Waals surface area contributed by atoms with Gasteiger partial charge in [0.2, 0.25) is 5.95 Å².